The quantitative estimate of drug-likeness (QED) is 0.767. The number of hydrogen-bond donors (Lipinski definition) is 0. The smallest absolute Gasteiger partial charge is 0.0992 e. The van der Waals surface area contributed by atoms with Crippen molar-refractivity contribution >= 4 is 5.69 Å². The van der Waals surface area contributed by atoms with Crippen LogP contribution in [-0.2, 0) is 0 Å². The maximum Gasteiger partial charge on any atom is 0.0992 e. The number of benzene rings is 1. The molecule has 2 heteroatoms. The summed E-state index contributed by atoms with van der Waals surface area (Å²) < 4.78 is 0. The standard InChI is InChI=1S/C14H16N2/c15-9-12-2-1-3-14(8-12)16(13-6-7-13)10-11-4-5-11/h1-3,8,11,13H,4-7,10H2. The normalized spacial score (nSPS) is 19.2. The van der Waals surface area contributed by atoms with Gasteiger partial charge in [-0.2, -0.15) is 5.26 Å². The van der Waals surface area contributed by atoms with E-state index in [1.165, 1.54) is 37.9 Å². The van der Waals surface area contributed by atoms with Crippen LogP contribution in [0.15, 0.2) is 24.3 Å². The highest BCUT2D eigenvalue weighted by atomic mass is 15.2. The van der Waals surface area contributed by atoms with Gasteiger partial charge in [0.1, 0.15) is 0 Å². The number of nitriles is 1. The van der Waals surface area contributed by atoms with Crippen molar-refractivity contribution < 1.29 is 0 Å². The summed E-state index contributed by atoms with van der Waals surface area (Å²) in [5, 5.41) is 8.92. The first-order chi connectivity index (χ1) is 7.86. The Hall–Kier alpha value is -1.49. The Labute approximate surface area is 96.5 Å². The zero-order valence-electron chi connectivity index (χ0n) is 9.39. The van der Waals surface area contributed by atoms with Gasteiger partial charge in [0.15, 0.2) is 0 Å². The molecule has 1 aromatic rings. The fourth-order valence-corrected chi connectivity index (χ4v) is 2.18. The molecule has 2 aliphatic rings. The molecule has 0 N–H and O–H groups in total. The lowest BCUT2D eigenvalue weighted by Crippen LogP contribution is -2.27. The molecule has 16 heavy (non-hydrogen) atoms. The Morgan fingerprint density at radius 1 is 1.25 bits per heavy atom. The second kappa shape index (κ2) is 3.83. The van der Waals surface area contributed by atoms with Gasteiger partial charge < -0.3 is 4.90 Å². The summed E-state index contributed by atoms with van der Waals surface area (Å²) >= 11 is 0. The largest absolute Gasteiger partial charge is 0.368 e. The van der Waals surface area contributed by atoms with Crippen LogP contribution in [0.1, 0.15) is 31.2 Å². The van der Waals surface area contributed by atoms with E-state index in [0.717, 1.165) is 17.5 Å². The van der Waals surface area contributed by atoms with Gasteiger partial charge in [0.05, 0.1) is 11.6 Å². The first-order valence-electron chi connectivity index (χ1n) is 6.13. The van der Waals surface area contributed by atoms with Crippen molar-refractivity contribution in [3.05, 3.63) is 29.8 Å². The molecule has 2 aliphatic carbocycles. The maximum atomic E-state index is 8.92. The molecule has 2 saturated carbocycles. The van der Waals surface area contributed by atoms with E-state index in [9.17, 15) is 0 Å². The molecule has 0 bridgehead atoms. The van der Waals surface area contributed by atoms with E-state index in [4.69, 9.17) is 5.26 Å². The SMILES string of the molecule is N#Cc1cccc(N(CC2CC2)C2CC2)c1. The van der Waals surface area contributed by atoms with Crippen LogP contribution in [0, 0.1) is 17.2 Å². The molecule has 0 aliphatic heterocycles. The molecule has 3 rings (SSSR count). The van der Waals surface area contributed by atoms with Gasteiger partial charge in [0.2, 0.25) is 0 Å². The van der Waals surface area contributed by atoms with Crippen LogP contribution in [0.5, 0.6) is 0 Å². The summed E-state index contributed by atoms with van der Waals surface area (Å²) in [4.78, 5) is 2.51. The van der Waals surface area contributed by atoms with Crippen LogP contribution >= 0.6 is 0 Å². The van der Waals surface area contributed by atoms with Crippen LogP contribution in [0.3, 0.4) is 0 Å². The minimum absolute atomic E-state index is 0.745. The van der Waals surface area contributed by atoms with Crippen LogP contribution in [-0.4, -0.2) is 12.6 Å². The van der Waals surface area contributed by atoms with Crippen molar-refractivity contribution in [2.75, 3.05) is 11.4 Å². The highest BCUT2D eigenvalue weighted by Crippen LogP contribution is 2.37. The molecular weight excluding hydrogens is 196 g/mol. The molecule has 0 atom stereocenters. The van der Waals surface area contributed by atoms with Crippen LogP contribution in [0.25, 0.3) is 0 Å². The van der Waals surface area contributed by atoms with Crippen molar-refractivity contribution in [1.82, 2.24) is 0 Å². The number of hydrogen-bond acceptors (Lipinski definition) is 2. The molecule has 0 saturated heterocycles. The molecule has 2 nitrogen and oxygen atoms in total. The fourth-order valence-electron chi connectivity index (χ4n) is 2.18. The van der Waals surface area contributed by atoms with E-state index in [1.807, 2.05) is 18.2 Å². The average Bonchev–Trinajstić information content (AvgIpc) is 3.16. The van der Waals surface area contributed by atoms with Gasteiger partial charge in [0.25, 0.3) is 0 Å². The summed E-state index contributed by atoms with van der Waals surface area (Å²) in [5.74, 6) is 0.909. The molecule has 0 radical (unpaired) electrons. The lowest BCUT2D eigenvalue weighted by molar-refractivity contribution is 0.719. The van der Waals surface area contributed by atoms with Crippen LogP contribution in [0.4, 0.5) is 5.69 Å². The first-order valence-corrected chi connectivity index (χ1v) is 6.13. The summed E-state index contributed by atoms with van der Waals surface area (Å²) in [6.07, 6.45) is 5.43. The minimum Gasteiger partial charge on any atom is -0.368 e. The second-order valence-electron chi connectivity index (χ2n) is 4.99. The predicted molar refractivity (Wildman–Crippen MR) is 64.2 cm³/mol. The Morgan fingerprint density at radius 3 is 2.69 bits per heavy atom. The average molecular weight is 212 g/mol. The summed E-state index contributed by atoms with van der Waals surface area (Å²) in [6.45, 7) is 1.19. The van der Waals surface area contributed by atoms with Crippen LogP contribution in [0.2, 0.25) is 0 Å². The lowest BCUT2D eigenvalue weighted by atomic mass is 10.2. The van der Waals surface area contributed by atoms with E-state index < -0.39 is 0 Å². The summed E-state index contributed by atoms with van der Waals surface area (Å²) in [7, 11) is 0. The minimum atomic E-state index is 0.745. The van der Waals surface area contributed by atoms with Crippen molar-refractivity contribution in [2.24, 2.45) is 5.92 Å². The van der Waals surface area contributed by atoms with Gasteiger partial charge in [-0.15, -0.1) is 0 Å². The second-order valence-corrected chi connectivity index (χ2v) is 4.99. The van der Waals surface area contributed by atoms with Crippen molar-refractivity contribution in [2.45, 2.75) is 31.7 Å². The van der Waals surface area contributed by atoms with Gasteiger partial charge in [0, 0.05) is 18.3 Å². The maximum absolute atomic E-state index is 8.92. The molecule has 0 spiro atoms. The van der Waals surface area contributed by atoms with Crippen molar-refractivity contribution in [3.8, 4) is 6.07 Å². The molecule has 0 unspecified atom stereocenters. The van der Waals surface area contributed by atoms with Gasteiger partial charge >= 0.3 is 0 Å². The molecule has 0 heterocycles. The Kier molecular flexibility index (Phi) is 2.32. The Balaban J connectivity index is 1.82. The zero-order chi connectivity index (χ0) is 11.0. The van der Waals surface area contributed by atoms with E-state index >= 15 is 0 Å². The third-order valence-corrected chi connectivity index (χ3v) is 3.45. The van der Waals surface area contributed by atoms with E-state index in [2.05, 4.69) is 17.0 Å². The molecule has 82 valence electrons. The van der Waals surface area contributed by atoms with Gasteiger partial charge in [-0.3, -0.25) is 0 Å². The monoisotopic (exact) mass is 212 g/mol. The van der Waals surface area contributed by atoms with E-state index in [-0.39, 0.29) is 0 Å². The number of nitrogens with zero attached hydrogens (tertiary/aromatic N) is 2. The molecular formula is C14H16N2. The molecule has 0 amide bonds. The van der Waals surface area contributed by atoms with Crippen LogP contribution < -0.4 is 4.90 Å². The van der Waals surface area contributed by atoms with Crippen molar-refractivity contribution in [1.29, 1.82) is 5.26 Å². The third-order valence-electron chi connectivity index (χ3n) is 3.45. The molecule has 0 aromatic heterocycles. The van der Waals surface area contributed by atoms with E-state index in [1.54, 1.807) is 0 Å². The third kappa shape index (κ3) is 2.04. The summed E-state index contributed by atoms with van der Waals surface area (Å²) in [6, 6.07) is 11.0. The Bertz CT molecular complexity index is 425. The van der Waals surface area contributed by atoms with Crippen molar-refractivity contribution in [3.63, 3.8) is 0 Å². The van der Waals surface area contributed by atoms with Gasteiger partial charge in [-0.05, 0) is 49.8 Å². The highest BCUT2D eigenvalue weighted by Gasteiger charge is 2.33. The fraction of sp³-hybridized carbons (Fsp3) is 0.500. The first kappa shape index (κ1) is 9.72. The highest BCUT2D eigenvalue weighted by molar-refractivity contribution is 5.53. The molecule has 2 fully saturated rings. The van der Waals surface area contributed by atoms with Gasteiger partial charge in [-0.25, -0.2) is 0 Å². The topological polar surface area (TPSA) is 27.0 Å². The van der Waals surface area contributed by atoms with E-state index in [0.29, 0.717) is 0 Å². The predicted octanol–water partition coefficient (Wildman–Crippen LogP) is 2.94. The lowest BCUT2D eigenvalue weighted by Gasteiger charge is -2.24. The number of rotatable bonds is 4. The summed E-state index contributed by atoms with van der Waals surface area (Å²) in [5.41, 5.74) is 2.02. The molecule has 1 aromatic carbocycles. The number of anilines is 1. The Morgan fingerprint density at radius 2 is 2.06 bits per heavy atom. The van der Waals surface area contributed by atoms with Gasteiger partial charge in [-0.1, -0.05) is 6.07 Å². The zero-order valence-corrected chi connectivity index (χ0v) is 9.39.